The van der Waals surface area contributed by atoms with Crippen molar-refractivity contribution in [2.24, 2.45) is 0 Å². The molecule has 2 fully saturated rings. The molecular formula is C14H15N3OS. The minimum atomic E-state index is -0.244. The van der Waals surface area contributed by atoms with Gasteiger partial charge in [-0.1, -0.05) is 30.3 Å². The van der Waals surface area contributed by atoms with Crippen LogP contribution in [0.5, 0.6) is 0 Å². The van der Waals surface area contributed by atoms with Crippen LogP contribution in [0.15, 0.2) is 30.3 Å². The minimum absolute atomic E-state index is 0.0810. The fourth-order valence-electron chi connectivity index (χ4n) is 2.63. The van der Waals surface area contributed by atoms with Gasteiger partial charge in [-0.05, 0) is 5.56 Å². The van der Waals surface area contributed by atoms with Gasteiger partial charge in [-0.25, -0.2) is 0 Å². The number of fused-ring (bicyclic) bond motifs is 1. The fourth-order valence-corrected chi connectivity index (χ4v) is 4.01. The predicted molar refractivity (Wildman–Crippen MR) is 74.2 cm³/mol. The Morgan fingerprint density at radius 3 is 2.95 bits per heavy atom. The van der Waals surface area contributed by atoms with Crippen LogP contribution in [-0.4, -0.2) is 34.0 Å². The summed E-state index contributed by atoms with van der Waals surface area (Å²) in [5, 5.41) is 12.5. The summed E-state index contributed by atoms with van der Waals surface area (Å²) in [4.78, 5) is 14.0. The molecule has 19 heavy (non-hydrogen) atoms. The lowest BCUT2D eigenvalue weighted by molar-refractivity contribution is -0.130. The van der Waals surface area contributed by atoms with E-state index in [-0.39, 0.29) is 23.4 Å². The zero-order valence-electron chi connectivity index (χ0n) is 10.5. The maximum Gasteiger partial charge on any atom is 0.241 e. The maximum atomic E-state index is 12.3. The van der Waals surface area contributed by atoms with Gasteiger partial charge < -0.3 is 10.2 Å². The highest BCUT2D eigenvalue weighted by Crippen LogP contribution is 2.37. The van der Waals surface area contributed by atoms with Gasteiger partial charge in [-0.15, -0.1) is 11.8 Å². The summed E-state index contributed by atoms with van der Waals surface area (Å²) in [6.45, 7) is 0.694. The van der Waals surface area contributed by atoms with E-state index in [1.807, 2.05) is 30.3 Å². The third-order valence-electron chi connectivity index (χ3n) is 3.63. The lowest BCUT2D eigenvalue weighted by atomic mass is 10.2. The van der Waals surface area contributed by atoms with Crippen molar-refractivity contribution in [3.05, 3.63) is 35.9 Å². The molecule has 0 aliphatic carbocycles. The number of hydrogen-bond donors (Lipinski definition) is 1. The van der Waals surface area contributed by atoms with E-state index in [1.54, 1.807) is 16.7 Å². The van der Waals surface area contributed by atoms with Gasteiger partial charge in [0.25, 0.3) is 0 Å². The Morgan fingerprint density at radius 1 is 1.42 bits per heavy atom. The highest BCUT2D eigenvalue weighted by Gasteiger charge is 2.47. The molecule has 3 atom stereocenters. The van der Waals surface area contributed by atoms with Crippen LogP contribution >= 0.6 is 11.8 Å². The average molecular weight is 273 g/mol. The molecule has 2 aliphatic heterocycles. The number of hydrogen-bond acceptors (Lipinski definition) is 4. The van der Waals surface area contributed by atoms with E-state index < -0.39 is 0 Å². The lowest BCUT2D eigenvalue weighted by Gasteiger charge is -2.18. The van der Waals surface area contributed by atoms with E-state index in [2.05, 4.69) is 11.4 Å². The van der Waals surface area contributed by atoms with Crippen molar-refractivity contribution in [2.45, 2.75) is 30.4 Å². The Morgan fingerprint density at radius 2 is 2.21 bits per heavy atom. The van der Waals surface area contributed by atoms with Gasteiger partial charge in [0, 0.05) is 18.7 Å². The Hall–Kier alpha value is -1.51. The first-order valence-electron chi connectivity index (χ1n) is 6.40. The number of carbonyl (C=O) groups excluding carboxylic acids is 1. The van der Waals surface area contributed by atoms with Crippen LogP contribution in [0, 0.1) is 11.3 Å². The third-order valence-corrected chi connectivity index (χ3v) is 4.94. The Labute approximate surface area is 116 Å². The summed E-state index contributed by atoms with van der Waals surface area (Å²) in [5.74, 6) is 0.829. The summed E-state index contributed by atoms with van der Waals surface area (Å²) in [7, 11) is 0. The highest BCUT2D eigenvalue weighted by atomic mass is 32.2. The number of nitrogens with one attached hydrogen (secondary N) is 1. The molecule has 2 aliphatic rings. The molecule has 1 aromatic rings. The van der Waals surface area contributed by atoms with E-state index in [4.69, 9.17) is 5.26 Å². The second-order valence-electron chi connectivity index (χ2n) is 4.83. The van der Waals surface area contributed by atoms with Crippen LogP contribution in [0.3, 0.4) is 0 Å². The molecule has 3 rings (SSSR count). The number of carbonyl (C=O) groups is 1. The number of nitrogens with zero attached hydrogens (tertiary/aromatic N) is 2. The van der Waals surface area contributed by atoms with Gasteiger partial charge in [0.2, 0.25) is 5.91 Å². The first kappa shape index (κ1) is 12.5. The molecule has 2 saturated heterocycles. The van der Waals surface area contributed by atoms with Crippen LogP contribution in [0.2, 0.25) is 0 Å². The highest BCUT2D eigenvalue weighted by molar-refractivity contribution is 8.00. The SMILES string of the molecule is N#C[C@@H]1CS[C@H]2C[C@@H](NCc3ccccc3)C(=O)N12. The molecule has 1 N–H and O–H groups in total. The van der Waals surface area contributed by atoms with Crippen molar-refractivity contribution in [3.8, 4) is 6.07 Å². The van der Waals surface area contributed by atoms with Crippen molar-refractivity contribution in [2.75, 3.05) is 5.75 Å². The molecule has 0 saturated carbocycles. The first-order valence-corrected chi connectivity index (χ1v) is 7.45. The third kappa shape index (κ3) is 2.34. The molecule has 2 heterocycles. The largest absolute Gasteiger partial charge is 0.312 e. The molecule has 0 radical (unpaired) electrons. The minimum Gasteiger partial charge on any atom is -0.312 e. The van der Waals surface area contributed by atoms with Crippen molar-refractivity contribution < 1.29 is 4.79 Å². The predicted octanol–water partition coefficient (Wildman–Crippen LogP) is 1.34. The Bertz CT molecular complexity index is 513. The van der Waals surface area contributed by atoms with Gasteiger partial charge in [0.15, 0.2) is 0 Å². The van der Waals surface area contributed by atoms with Crippen LogP contribution in [-0.2, 0) is 11.3 Å². The van der Waals surface area contributed by atoms with Crippen molar-refractivity contribution in [3.63, 3.8) is 0 Å². The van der Waals surface area contributed by atoms with Gasteiger partial charge >= 0.3 is 0 Å². The van der Waals surface area contributed by atoms with Gasteiger partial charge in [0.05, 0.1) is 17.5 Å². The zero-order valence-corrected chi connectivity index (χ0v) is 11.3. The van der Waals surface area contributed by atoms with Crippen LogP contribution < -0.4 is 5.32 Å². The summed E-state index contributed by atoms with van der Waals surface area (Å²) < 4.78 is 0. The molecule has 0 spiro atoms. The van der Waals surface area contributed by atoms with Crippen molar-refractivity contribution >= 4 is 17.7 Å². The molecular weight excluding hydrogens is 258 g/mol. The zero-order chi connectivity index (χ0) is 13.2. The van der Waals surface area contributed by atoms with Crippen LogP contribution in [0.1, 0.15) is 12.0 Å². The quantitative estimate of drug-likeness (QED) is 0.903. The van der Waals surface area contributed by atoms with E-state index in [1.165, 1.54) is 5.56 Å². The molecule has 1 aromatic carbocycles. The van der Waals surface area contributed by atoms with Crippen LogP contribution in [0.25, 0.3) is 0 Å². The second-order valence-corrected chi connectivity index (χ2v) is 6.04. The number of rotatable bonds is 3. The molecule has 0 unspecified atom stereocenters. The second kappa shape index (κ2) is 5.24. The van der Waals surface area contributed by atoms with E-state index in [0.29, 0.717) is 6.54 Å². The smallest absolute Gasteiger partial charge is 0.241 e. The first-order chi connectivity index (χ1) is 9.29. The van der Waals surface area contributed by atoms with Gasteiger partial charge in [-0.2, -0.15) is 5.26 Å². The summed E-state index contributed by atoms with van der Waals surface area (Å²) in [5.41, 5.74) is 1.17. The standard InChI is InChI=1S/C14H15N3OS/c15-7-11-9-19-13-6-12(14(18)17(11)13)16-8-10-4-2-1-3-5-10/h1-5,11-13,16H,6,8-9H2/t11-,12-,13+/m1/s1. The van der Waals surface area contributed by atoms with E-state index >= 15 is 0 Å². The molecule has 98 valence electrons. The summed E-state index contributed by atoms with van der Waals surface area (Å²) >= 11 is 1.72. The van der Waals surface area contributed by atoms with Crippen LogP contribution in [0.4, 0.5) is 0 Å². The number of amides is 1. The molecule has 0 bridgehead atoms. The van der Waals surface area contributed by atoms with Crippen molar-refractivity contribution in [1.29, 1.82) is 5.26 Å². The van der Waals surface area contributed by atoms with Crippen molar-refractivity contribution in [1.82, 2.24) is 10.2 Å². The molecule has 5 heteroatoms. The lowest BCUT2D eigenvalue weighted by Crippen LogP contribution is -2.41. The molecule has 4 nitrogen and oxygen atoms in total. The number of nitriles is 1. The molecule has 1 amide bonds. The summed E-state index contributed by atoms with van der Waals surface area (Å²) in [6.07, 6.45) is 0.800. The van der Waals surface area contributed by atoms with Gasteiger partial charge in [0.1, 0.15) is 6.04 Å². The topological polar surface area (TPSA) is 56.1 Å². The maximum absolute atomic E-state index is 12.3. The fraction of sp³-hybridized carbons (Fsp3) is 0.429. The van der Waals surface area contributed by atoms with Gasteiger partial charge in [-0.3, -0.25) is 4.79 Å². The summed E-state index contributed by atoms with van der Waals surface area (Å²) in [6, 6.07) is 11.9. The number of thioether (sulfide) groups is 1. The Kier molecular flexibility index (Phi) is 3.45. The Balaban J connectivity index is 1.62. The number of benzene rings is 1. The normalized spacial score (nSPS) is 29.3. The average Bonchev–Trinajstić information content (AvgIpc) is 2.98. The van der Waals surface area contributed by atoms with E-state index in [0.717, 1.165) is 12.2 Å². The monoisotopic (exact) mass is 273 g/mol. The van der Waals surface area contributed by atoms with E-state index in [9.17, 15) is 4.79 Å². The molecule has 0 aromatic heterocycles.